The van der Waals surface area contributed by atoms with Gasteiger partial charge in [-0.05, 0) is 46.9 Å². The smallest absolute Gasteiger partial charge is 0.254 e. The molecule has 0 bridgehead atoms. The van der Waals surface area contributed by atoms with Gasteiger partial charge >= 0.3 is 0 Å². The van der Waals surface area contributed by atoms with Crippen LogP contribution < -0.4 is 4.74 Å². The van der Waals surface area contributed by atoms with Crippen LogP contribution in [0.25, 0.3) is 11.6 Å². The molecule has 0 spiro atoms. The summed E-state index contributed by atoms with van der Waals surface area (Å²) in [5, 5.41) is 0. The molecule has 0 saturated heterocycles. The average Bonchev–Trinajstić information content (AvgIpc) is 2.77. The van der Waals surface area contributed by atoms with E-state index in [4.69, 9.17) is 4.74 Å². The van der Waals surface area contributed by atoms with Gasteiger partial charge in [-0.3, -0.25) is 4.79 Å². The molecule has 140 valence electrons. The lowest BCUT2D eigenvalue weighted by molar-refractivity contribution is -0.125. The van der Waals surface area contributed by atoms with Crippen LogP contribution in [-0.4, -0.2) is 24.5 Å². The van der Waals surface area contributed by atoms with E-state index < -0.39 is 0 Å². The zero-order valence-electron chi connectivity index (χ0n) is 16.0. The van der Waals surface area contributed by atoms with E-state index in [1.165, 1.54) is 11.1 Å². The predicted molar refractivity (Wildman–Crippen MR) is 113 cm³/mol. The molecule has 0 unspecified atom stereocenters. The van der Waals surface area contributed by atoms with Crippen molar-refractivity contribution >= 4 is 17.6 Å². The fraction of sp³-hybridized carbons (Fsp3) is 0.160. The van der Waals surface area contributed by atoms with Crippen LogP contribution >= 0.6 is 0 Å². The van der Waals surface area contributed by atoms with Gasteiger partial charge in [-0.1, -0.05) is 66.7 Å². The maximum Gasteiger partial charge on any atom is 0.254 e. The third-order valence-corrected chi connectivity index (χ3v) is 5.16. The number of rotatable bonds is 4. The minimum Gasteiger partial charge on any atom is -0.497 e. The van der Waals surface area contributed by atoms with Gasteiger partial charge in [-0.2, -0.15) is 0 Å². The van der Waals surface area contributed by atoms with E-state index in [2.05, 4.69) is 18.2 Å². The predicted octanol–water partition coefficient (Wildman–Crippen LogP) is 4.82. The summed E-state index contributed by atoms with van der Waals surface area (Å²) in [6, 6.07) is 26.0. The minimum absolute atomic E-state index is 0.0662. The van der Waals surface area contributed by atoms with Gasteiger partial charge in [0, 0.05) is 18.7 Å². The highest BCUT2D eigenvalue weighted by molar-refractivity contribution is 6.24. The molecule has 1 aliphatic rings. The molecule has 3 aromatic carbocycles. The summed E-state index contributed by atoms with van der Waals surface area (Å²) >= 11 is 0. The van der Waals surface area contributed by atoms with Crippen molar-refractivity contribution in [2.45, 2.75) is 13.0 Å². The van der Waals surface area contributed by atoms with Gasteiger partial charge in [0.2, 0.25) is 0 Å². The van der Waals surface area contributed by atoms with Gasteiger partial charge in [0.05, 0.1) is 7.11 Å². The summed E-state index contributed by atoms with van der Waals surface area (Å²) in [5.74, 6) is 0.869. The molecule has 3 aromatic rings. The number of hydrogen-bond donors (Lipinski definition) is 0. The standard InChI is InChI=1S/C25H23NO2/c1-28-23-13-11-19(12-14-23)17-24(21-8-3-2-4-9-21)25(27)26-16-15-20-7-5-6-10-22(20)18-26/h2-14,17H,15-16,18H2,1H3. The summed E-state index contributed by atoms with van der Waals surface area (Å²) < 4.78 is 5.24. The zero-order chi connectivity index (χ0) is 19.3. The molecule has 1 aliphatic heterocycles. The van der Waals surface area contributed by atoms with Crippen molar-refractivity contribution in [3.8, 4) is 5.75 Å². The molecule has 0 saturated carbocycles. The molecule has 0 N–H and O–H groups in total. The lowest BCUT2D eigenvalue weighted by Gasteiger charge is -2.29. The minimum atomic E-state index is 0.0662. The van der Waals surface area contributed by atoms with Gasteiger partial charge in [-0.15, -0.1) is 0 Å². The molecular formula is C25H23NO2. The maximum atomic E-state index is 13.5. The molecule has 4 rings (SSSR count). The lowest BCUT2D eigenvalue weighted by atomic mass is 9.97. The second-order valence-corrected chi connectivity index (χ2v) is 6.94. The van der Waals surface area contributed by atoms with Crippen molar-refractivity contribution in [3.63, 3.8) is 0 Å². The van der Waals surface area contributed by atoms with Gasteiger partial charge in [0.15, 0.2) is 0 Å². The van der Waals surface area contributed by atoms with Crippen LogP contribution in [0.3, 0.4) is 0 Å². The Hall–Kier alpha value is -3.33. The number of carbonyl (C=O) groups excluding carboxylic acids is 1. The SMILES string of the molecule is COc1ccc(C=C(C(=O)N2CCc3ccccc3C2)c2ccccc2)cc1. The van der Waals surface area contributed by atoms with E-state index in [9.17, 15) is 4.79 Å². The molecule has 28 heavy (non-hydrogen) atoms. The molecule has 3 nitrogen and oxygen atoms in total. The summed E-state index contributed by atoms with van der Waals surface area (Å²) in [6.07, 6.45) is 2.87. The van der Waals surface area contributed by atoms with Crippen LogP contribution in [0.2, 0.25) is 0 Å². The number of benzene rings is 3. The molecule has 0 atom stereocenters. The Bertz CT molecular complexity index is 991. The van der Waals surface area contributed by atoms with Gasteiger partial charge in [0.1, 0.15) is 5.75 Å². The Labute approximate surface area is 165 Å². The highest BCUT2D eigenvalue weighted by Crippen LogP contribution is 2.26. The Morgan fingerprint density at radius 1 is 0.893 bits per heavy atom. The number of fused-ring (bicyclic) bond motifs is 1. The first-order valence-corrected chi connectivity index (χ1v) is 9.52. The summed E-state index contributed by atoms with van der Waals surface area (Å²) in [4.78, 5) is 15.4. The number of carbonyl (C=O) groups is 1. The molecule has 0 fully saturated rings. The average molecular weight is 369 g/mol. The van der Waals surface area contributed by atoms with E-state index in [0.717, 1.165) is 29.8 Å². The maximum absolute atomic E-state index is 13.5. The van der Waals surface area contributed by atoms with Gasteiger partial charge in [0.25, 0.3) is 5.91 Å². The summed E-state index contributed by atoms with van der Waals surface area (Å²) in [7, 11) is 1.65. The van der Waals surface area contributed by atoms with E-state index in [1.54, 1.807) is 7.11 Å². The van der Waals surface area contributed by atoms with Crippen LogP contribution in [0.4, 0.5) is 0 Å². The van der Waals surface area contributed by atoms with Crippen LogP contribution in [0.15, 0.2) is 78.9 Å². The Kier molecular flexibility index (Phi) is 5.24. The lowest BCUT2D eigenvalue weighted by Crippen LogP contribution is -2.36. The third kappa shape index (κ3) is 3.84. The number of hydrogen-bond acceptors (Lipinski definition) is 2. The number of amides is 1. The number of nitrogens with zero attached hydrogens (tertiary/aromatic N) is 1. The number of methoxy groups -OCH3 is 1. The Balaban J connectivity index is 1.67. The van der Waals surface area contributed by atoms with E-state index in [-0.39, 0.29) is 5.91 Å². The normalized spacial score (nSPS) is 13.8. The molecule has 3 heteroatoms. The van der Waals surface area contributed by atoms with Crippen LogP contribution in [-0.2, 0) is 17.8 Å². The monoisotopic (exact) mass is 369 g/mol. The first kappa shape index (κ1) is 18.1. The molecule has 0 aliphatic carbocycles. The molecular weight excluding hydrogens is 346 g/mol. The van der Waals surface area contributed by atoms with Gasteiger partial charge in [-0.25, -0.2) is 0 Å². The highest BCUT2D eigenvalue weighted by Gasteiger charge is 2.24. The van der Waals surface area contributed by atoms with E-state index in [1.807, 2.05) is 71.6 Å². The molecule has 1 heterocycles. The van der Waals surface area contributed by atoms with Crippen molar-refractivity contribution < 1.29 is 9.53 Å². The van der Waals surface area contributed by atoms with E-state index >= 15 is 0 Å². The Morgan fingerprint density at radius 2 is 1.57 bits per heavy atom. The fourth-order valence-electron chi connectivity index (χ4n) is 3.59. The van der Waals surface area contributed by atoms with Crippen molar-refractivity contribution in [2.24, 2.45) is 0 Å². The zero-order valence-corrected chi connectivity index (χ0v) is 16.0. The highest BCUT2D eigenvalue weighted by atomic mass is 16.5. The van der Waals surface area contributed by atoms with Crippen LogP contribution in [0.1, 0.15) is 22.3 Å². The summed E-state index contributed by atoms with van der Waals surface area (Å²) in [5.41, 5.74) is 5.20. The van der Waals surface area contributed by atoms with Crippen molar-refractivity contribution in [2.75, 3.05) is 13.7 Å². The third-order valence-electron chi connectivity index (χ3n) is 5.16. The Morgan fingerprint density at radius 3 is 2.29 bits per heavy atom. The van der Waals surface area contributed by atoms with Crippen molar-refractivity contribution in [3.05, 3.63) is 101 Å². The quantitative estimate of drug-likeness (QED) is 0.487. The summed E-state index contributed by atoms with van der Waals surface area (Å²) in [6.45, 7) is 1.39. The second kappa shape index (κ2) is 8.13. The van der Waals surface area contributed by atoms with Crippen molar-refractivity contribution in [1.82, 2.24) is 4.90 Å². The molecule has 0 aromatic heterocycles. The second-order valence-electron chi connectivity index (χ2n) is 6.94. The first-order chi connectivity index (χ1) is 13.7. The van der Waals surface area contributed by atoms with E-state index in [0.29, 0.717) is 12.1 Å². The van der Waals surface area contributed by atoms with Crippen molar-refractivity contribution in [1.29, 1.82) is 0 Å². The first-order valence-electron chi connectivity index (χ1n) is 9.52. The van der Waals surface area contributed by atoms with Gasteiger partial charge < -0.3 is 9.64 Å². The largest absolute Gasteiger partial charge is 0.497 e. The van der Waals surface area contributed by atoms with Crippen LogP contribution in [0, 0.1) is 0 Å². The van der Waals surface area contributed by atoms with Crippen LogP contribution in [0.5, 0.6) is 5.75 Å². The number of ether oxygens (including phenoxy) is 1. The fourth-order valence-corrected chi connectivity index (χ4v) is 3.59. The topological polar surface area (TPSA) is 29.5 Å². The molecule has 0 radical (unpaired) electrons. The molecule has 1 amide bonds.